The Balaban J connectivity index is 2.06. The maximum Gasteiger partial charge on any atom is 0.232 e. The highest BCUT2D eigenvalue weighted by Gasteiger charge is 2.00. The van der Waals surface area contributed by atoms with Gasteiger partial charge < -0.3 is 9.15 Å². The number of nitrogens with one attached hydrogen (secondary N) is 1. The van der Waals surface area contributed by atoms with Gasteiger partial charge in [0.25, 0.3) is 0 Å². The van der Waals surface area contributed by atoms with Crippen molar-refractivity contribution < 1.29 is 14.0 Å². The Bertz CT molecular complexity index is 239. The van der Waals surface area contributed by atoms with E-state index in [1.54, 1.807) is 14.0 Å². The minimum absolute atomic E-state index is 0.407. The van der Waals surface area contributed by atoms with Crippen LogP contribution in [0.25, 0.3) is 0 Å². The molecule has 0 radical (unpaired) electrons. The molecule has 0 aromatic carbocycles. The molecule has 0 atom stereocenters. The molecule has 1 N–H and O–H groups in total. The lowest BCUT2D eigenvalue weighted by atomic mass is 10.7. The molecule has 1 heterocycles. The van der Waals surface area contributed by atoms with Crippen LogP contribution >= 0.6 is 0 Å². The summed E-state index contributed by atoms with van der Waals surface area (Å²) in [5.74, 6) is 1.06. The van der Waals surface area contributed by atoms with E-state index in [9.17, 15) is 0 Å². The van der Waals surface area contributed by atoms with Gasteiger partial charge in [-0.1, -0.05) is 0 Å². The van der Waals surface area contributed by atoms with E-state index in [4.69, 9.17) is 14.0 Å². The average Bonchev–Trinajstić information content (AvgIpc) is 2.51. The van der Waals surface area contributed by atoms with Gasteiger partial charge in [-0.2, -0.15) is 5.48 Å². The number of aromatic nitrogens is 2. The predicted octanol–water partition coefficient (Wildman–Crippen LogP) is 0.0456. The second-order valence-corrected chi connectivity index (χ2v) is 2.38. The number of ether oxygens (including phenoxy) is 1. The highest BCUT2D eigenvalue weighted by Crippen LogP contribution is 1.95. The molecule has 0 saturated heterocycles. The van der Waals surface area contributed by atoms with E-state index in [0.717, 1.165) is 0 Å². The molecule has 0 amide bonds. The maximum atomic E-state index is 5.09. The van der Waals surface area contributed by atoms with Crippen LogP contribution in [-0.2, 0) is 16.1 Å². The fourth-order valence-corrected chi connectivity index (χ4v) is 0.719. The molecule has 0 saturated carbocycles. The molecule has 0 bridgehead atoms. The zero-order chi connectivity index (χ0) is 9.52. The summed E-state index contributed by atoms with van der Waals surface area (Å²) < 4.78 is 9.88. The van der Waals surface area contributed by atoms with Crippen LogP contribution in [0.2, 0.25) is 0 Å². The Morgan fingerprint density at radius 1 is 1.38 bits per heavy atom. The van der Waals surface area contributed by atoms with Crippen molar-refractivity contribution in [2.24, 2.45) is 0 Å². The molecule has 0 fully saturated rings. The molecule has 0 aliphatic rings. The molecule has 74 valence electrons. The van der Waals surface area contributed by atoms with E-state index in [0.29, 0.717) is 31.5 Å². The molecular weight excluding hydrogens is 174 g/mol. The van der Waals surface area contributed by atoms with Crippen LogP contribution in [0.3, 0.4) is 0 Å². The number of hydroxylamine groups is 1. The summed E-state index contributed by atoms with van der Waals surface area (Å²) in [7, 11) is 1.62. The molecule has 1 aromatic heterocycles. The predicted molar refractivity (Wildman–Crippen MR) is 43.7 cm³/mol. The summed E-state index contributed by atoms with van der Waals surface area (Å²) in [5.41, 5.74) is 2.67. The fraction of sp³-hybridized carbons (Fsp3) is 0.714. The Hall–Kier alpha value is -0.980. The largest absolute Gasteiger partial charge is 0.424 e. The van der Waals surface area contributed by atoms with Gasteiger partial charge in [-0.05, 0) is 0 Å². The Labute approximate surface area is 76.2 Å². The monoisotopic (exact) mass is 187 g/mol. The standard InChI is InChI=1S/C7H13N3O3/c1-6-9-10-7(13-6)5-8-12-4-3-11-2/h8H,3-5H2,1-2H3. The third-order valence-corrected chi connectivity index (χ3v) is 1.28. The number of hydrogen-bond acceptors (Lipinski definition) is 6. The van der Waals surface area contributed by atoms with Crippen LogP contribution in [0.15, 0.2) is 4.42 Å². The first-order chi connectivity index (χ1) is 6.33. The van der Waals surface area contributed by atoms with Crippen molar-refractivity contribution in [2.45, 2.75) is 13.5 Å². The highest BCUT2D eigenvalue weighted by molar-refractivity contribution is 4.76. The summed E-state index contributed by atoms with van der Waals surface area (Å²) in [6.07, 6.45) is 0. The highest BCUT2D eigenvalue weighted by atomic mass is 16.7. The summed E-state index contributed by atoms with van der Waals surface area (Å²) in [6, 6.07) is 0. The second-order valence-electron chi connectivity index (χ2n) is 2.38. The fourth-order valence-electron chi connectivity index (χ4n) is 0.719. The van der Waals surface area contributed by atoms with Crippen molar-refractivity contribution in [2.75, 3.05) is 20.3 Å². The van der Waals surface area contributed by atoms with Crippen molar-refractivity contribution in [1.29, 1.82) is 0 Å². The summed E-state index contributed by atoms with van der Waals surface area (Å²) >= 11 is 0. The van der Waals surface area contributed by atoms with Gasteiger partial charge in [-0.3, -0.25) is 4.84 Å². The zero-order valence-corrected chi connectivity index (χ0v) is 7.74. The van der Waals surface area contributed by atoms with Crippen LogP contribution < -0.4 is 5.48 Å². The molecule has 0 unspecified atom stereocenters. The minimum atomic E-state index is 0.407. The Morgan fingerprint density at radius 2 is 2.23 bits per heavy atom. The van der Waals surface area contributed by atoms with Crippen LogP contribution in [0.5, 0.6) is 0 Å². The van der Waals surface area contributed by atoms with Crippen molar-refractivity contribution in [1.82, 2.24) is 15.7 Å². The van der Waals surface area contributed by atoms with Crippen LogP contribution in [0.1, 0.15) is 11.8 Å². The Morgan fingerprint density at radius 3 is 2.85 bits per heavy atom. The number of nitrogens with zero attached hydrogens (tertiary/aromatic N) is 2. The van der Waals surface area contributed by atoms with Crippen molar-refractivity contribution in [3.8, 4) is 0 Å². The van der Waals surface area contributed by atoms with Gasteiger partial charge in [0.1, 0.15) is 0 Å². The van der Waals surface area contributed by atoms with E-state index >= 15 is 0 Å². The first-order valence-corrected chi connectivity index (χ1v) is 3.95. The van der Waals surface area contributed by atoms with Crippen molar-refractivity contribution in [3.63, 3.8) is 0 Å². The van der Waals surface area contributed by atoms with Crippen molar-refractivity contribution in [3.05, 3.63) is 11.8 Å². The third kappa shape index (κ3) is 3.97. The van der Waals surface area contributed by atoms with Crippen LogP contribution in [0, 0.1) is 6.92 Å². The van der Waals surface area contributed by atoms with Gasteiger partial charge in [-0.25, -0.2) is 0 Å². The molecule has 1 rings (SSSR count). The SMILES string of the molecule is COCCONCc1nnc(C)o1. The number of aryl methyl sites for hydroxylation is 1. The molecule has 13 heavy (non-hydrogen) atoms. The van der Waals surface area contributed by atoms with Gasteiger partial charge in [0.2, 0.25) is 11.8 Å². The van der Waals surface area contributed by atoms with E-state index in [1.165, 1.54) is 0 Å². The average molecular weight is 187 g/mol. The lowest BCUT2D eigenvalue weighted by molar-refractivity contribution is 0.000290. The molecule has 6 nitrogen and oxygen atoms in total. The van der Waals surface area contributed by atoms with Gasteiger partial charge in [-0.15, -0.1) is 10.2 Å². The summed E-state index contributed by atoms with van der Waals surface area (Å²) in [4.78, 5) is 4.98. The lowest BCUT2D eigenvalue weighted by Gasteiger charge is -2.01. The number of methoxy groups -OCH3 is 1. The lowest BCUT2D eigenvalue weighted by Crippen LogP contribution is -2.17. The summed E-state index contributed by atoms with van der Waals surface area (Å²) in [5, 5.41) is 7.44. The quantitative estimate of drug-likeness (QED) is 0.501. The molecule has 0 aliphatic heterocycles. The molecule has 0 spiro atoms. The zero-order valence-electron chi connectivity index (χ0n) is 7.74. The molecule has 0 aliphatic carbocycles. The first kappa shape index (κ1) is 10.1. The van der Waals surface area contributed by atoms with Gasteiger partial charge in [0, 0.05) is 14.0 Å². The van der Waals surface area contributed by atoms with E-state index in [2.05, 4.69) is 15.7 Å². The second kappa shape index (κ2) is 5.63. The summed E-state index contributed by atoms with van der Waals surface area (Å²) in [6.45, 7) is 3.19. The van der Waals surface area contributed by atoms with Crippen LogP contribution in [-0.4, -0.2) is 30.5 Å². The topological polar surface area (TPSA) is 69.4 Å². The number of hydrogen-bond donors (Lipinski definition) is 1. The maximum absolute atomic E-state index is 5.09. The minimum Gasteiger partial charge on any atom is -0.424 e. The smallest absolute Gasteiger partial charge is 0.232 e. The first-order valence-electron chi connectivity index (χ1n) is 3.95. The molecule has 6 heteroatoms. The van der Waals surface area contributed by atoms with Crippen LogP contribution in [0.4, 0.5) is 0 Å². The van der Waals surface area contributed by atoms with E-state index in [-0.39, 0.29) is 0 Å². The van der Waals surface area contributed by atoms with E-state index < -0.39 is 0 Å². The Kier molecular flexibility index (Phi) is 4.37. The molecule has 1 aromatic rings. The van der Waals surface area contributed by atoms with Gasteiger partial charge in [0.15, 0.2) is 0 Å². The van der Waals surface area contributed by atoms with Gasteiger partial charge in [0.05, 0.1) is 19.8 Å². The van der Waals surface area contributed by atoms with Gasteiger partial charge >= 0.3 is 0 Å². The van der Waals surface area contributed by atoms with E-state index in [1.807, 2.05) is 0 Å². The number of rotatable bonds is 6. The normalized spacial score (nSPS) is 10.6. The third-order valence-electron chi connectivity index (χ3n) is 1.28. The molecular formula is C7H13N3O3. The van der Waals surface area contributed by atoms with Crippen molar-refractivity contribution >= 4 is 0 Å².